The largest absolute Gasteiger partial charge is 0.440 e. The predicted molar refractivity (Wildman–Crippen MR) is 187 cm³/mol. The Balaban J connectivity index is 1.33. The summed E-state index contributed by atoms with van der Waals surface area (Å²) < 4.78 is 9.03. The lowest BCUT2D eigenvalue weighted by Crippen LogP contribution is -2.44. The molecule has 1 saturated carbocycles. The van der Waals surface area contributed by atoms with E-state index in [2.05, 4.69) is 15.4 Å². The van der Waals surface area contributed by atoms with E-state index < -0.39 is 28.9 Å². The standard InChI is InChI=1S/C37H44ClN3O5S/c1-37(2,29-13-8-14-30(38)22-29)33(27-16-15-25-11-6-7-12-26(25)20-27)46-36(45)41-47-32(19-24-9-4-3-5-10-24)35(44)40-31(23-42)21-28-17-18-39-34(28)43/h6-8,11-16,20,22-24,28,31-33H,3-5,9-10,17-19,21H2,1-2H3,(H,39,43)(H,40,44)(H,41,45)/t28-,31-,32-,33?/m0/s1. The minimum absolute atomic E-state index is 0.0923. The molecule has 10 heteroatoms. The molecule has 1 aliphatic carbocycles. The van der Waals surface area contributed by atoms with Gasteiger partial charge in [0, 0.05) is 22.9 Å². The fraction of sp³-hybridized carbons (Fsp3) is 0.459. The van der Waals surface area contributed by atoms with E-state index in [1.165, 1.54) is 6.42 Å². The zero-order chi connectivity index (χ0) is 33.4. The number of amides is 3. The van der Waals surface area contributed by atoms with Gasteiger partial charge in [-0.1, -0.05) is 106 Å². The third-order valence-corrected chi connectivity index (χ3v) is 10.8. The van der Waals surface area contributed by atoms with Crippen LogP contribution < -0.4 is 15.4 Å². The van der Waals surface area contributed by atoms with Gasteiger partial charge in [0.15, 0.2) is 0 Å². The van der Waals surface area contributed by atoms with Crippen molar-refractivity contribution in [2.45, 2.75) is 88.0 Å². The molecular weight excluding hydrogens is 634 g/mol. The summed E-state index contributed by atoms with van der Waals surface area (Å²) in [6.45, 7) is 4.61. The van der Waals surface area contributed by atoms with Gasteiger partial charge in [-0.15, -0.1) is 0 Å². The minimum atomic E-state index is -0.784. The average molecular weight is 678 g/mol. The van der Waals surface area contributed by atoms with Gasteiger partial charge in [-0.05, 0) is 77.2 Å². The van der Waals surface area contributed by atoms with Gasteiger partial charge in [-0.25, -0.2) is 4.79 Å². The molecule has 5 rings (SSSR count). The topological polar surface area (TPSA) is 114 Å². The first kappa shape index (κ1) is 34.8. The molecule has 3 aromatic carbocycles. The van der Waals surface area contributed by atoms with E-state index in [0.29, 0.717) is 36.6 Å². The quantitative estimate of drug-likeness (QED) is 0.128. The van der Waals surface area contributed by atoms with Crippen molar-refractivity contribution >= 4 is 58.5 Å². The van der Waals surface area contributed by atoms with E-state index in [0.717, 1.165) is 59.5 Å². The Kier molecular flexibility index (Phi) is 11.9. The number of rotatable bonds is 13. The van der Waals surface area contributed by atoms with Crippen LogP contribution in [0.5, 0.6) is 0 Å². The number of aldehydes is 1. The Morgan fingerprint density at radius 3 is 2.47 bits per heavy atom. The summed E-state index contributed by atoms with van der Waals surface area (Å²) >= 11 is 7.40. The van der Waals surface area contributed by atoms with Crippen LogP contribution in [0.25, 0.3) is 10.8 Å². The fourth-order valence-electron chi connectivity index (χ4n) is 6.83. The van der Waals surface area contributed by atoms with Crippen LogP contribution in [0.1, 0.15) is 82.4 Å². The molecule has 2 aliphatic rings. The van der Waals surface area contributed by atoms with E-state index >= 15 is 0 Å². The van der Waals surface area contributed by atoms with E-state index in [4.69, 9.17) is 16.3 Å². The zero-order valence-corrected chi connectivity index (χ0v) is 28.6. The summed E-state index contributed by atoms with van der Waals surface area (Å²) in [7, 11) is 0. The van der Waals surface area contributed by atoms with Crippen molar-refractivity contribution in [1.29, 1.82) is 0 Å². The van der Waals surface area contributed by atoms with Crippen LogP contribution in [-0.4, -0.2) is 42.0 Å². The number of benzene rings is 3. The molecule has 47 heavy (non-hydrogen) atoms. The molecule has 0 spiro atoms. The average Bonchev–Trinajstić information content (AvgIpc) is 3.48. The Bertz CT molecular complexity index is 1580. The number of ether oxygens (including phenoxy) is 1. The number of fused-ring (bicyclic) bond motifs is 1. The molecule has 0 radical (unpaired) electrons. The third-order valence-electron chi connectivity index (χ3n) is 9.57. The van der Waals surface area contributed by atoms with E-state index in [9.17, 15) is 19.2 Å². The van der Waals surface area contributed by atoms with Crippen molar-refractivity contribution in [2.75, 3.05) is 6.54 Å². The monoisotopic (exact) mass is 677 g/mol. The summed E-state index contributed by atoms with van der Waals surface area (Å²) in [6.07, 6.45) is 6.23. The van der Waals surface area contributed by atoms with E-state index in [-0.39, 0.29) is 24.2 Å². The maximum absolute atomic E-state index is 13.6. The van der Waals surface area contributed by atoms with Crippen LogP contribution >= 0.6 is 23.5 Å². The number of nitrogens with one attached hydrogen (secondary N) is 3. The number of carbonyl (C=O) groups excluding carboxylic acids is 4. The SMILES string of the molecule is CC(C)(c1cccc(Cl)c1)C(OC(=O)NS[C@@H](CC1CCCCC1)C(=O)N[C@H](C=O)C[C@@H]1CCNC1=O)c1ccc2ccccc2c1. The van der Waals surface area contributed by atoms with Crippen LogP contribution in [0, 0.1) is 11.8 Å². The molecule has 1 saturated heterocycles. The highest BCUT2D eigenvalue weighted by atomic mass is 35.5. The molecule has 1 unspecified atom stereocenters. The van der Waals surface area contributed by atoms with Gasteiger partial charge in [0.25, 0.3) is 0 Å². The van der Waals surface area contributed by atoms with E-state index in [1.807, 2.05) is 80.6 Å². The van der Waals surface area contributed by atoms with Crippen molar-refractivity contribution in [1.82, 2.24) is 15.4 Å². The maximum Gasteiger partial charge on any atom is 0.417 e. The van der Waals surface area contributed by atoms with Crippen LogP contribution in [-0.2, 0) is 24.5 Å². The molecule has 4 atom stereocenters. The summed E-state index contributed by atoms with van der Waals surface area (Å²) in [5, 5.41) is 7.69. The molecule has 1 heterocycles. The molecular formula is C37H44ClN3O5S. The molecule has 1 aliphatic heterocycles. The van der Waals surface area contributed by atoms with Gasteiger partial charge >= 0.3 is 6.09 Å². The summed E-state index contributed by atoms with van der Waals surface area (Å²) in [5.41, 5.74) is 1.07. The smallest absolute Gasteiger partial charge is 0.417 e. The van der Waals surface area contributed by atoms with Gasteiger partial charge in [-0.3, -0.25) is 14.3 Å². The van der Waals surface area contributed by atoms with Gasteiger partial charge < -0.3 is 20.2 Å². The second-order valence-corrected chi connectivity index (χ2v) is 14.8. The highest BCUT2D eigenvalue weighted by Crippen LogP contribution is 2.41. The lowest BCUT2D eigenvalue weighted by Gasteiger charge is -2.35. The van der Waals surface area contributed by atoms with Gasteiger partial charge in [0.2, 0.25) is 11.8 Å². The van der Waals surface area contributed by atoms with Gasteiger partial charge in [-0.2, -0.15) is 0 Å². The van der Waals surface area contributed by atoms with Crippen molar-refractivity contribution < 1.29 is 23.9 Å². The highest BCUT2D eigenvalue weighted by molar-refractivity contribution is 7.99. The van der Waals surface area contributed by atoms with Crippen LogP contribution in [0.3, 0.4) is 0 Å². The summed E-state index contributed by atoms with van der Waals surface area (Å²) in [6, 6.07) is 20.8. The van der Waals surface area contributed by atoms with E-state index in [1.54, 1.807) is 0 Å². The number of halogens is 1. The normalized spacial score (nSPS) is 19.0. The van der Waals surface area contributed by atoms with Crippen molar-refractivity contribution in [3.8, 4) is 0 Å². The lowest BCUT2D eigenvalue weighted by molar-refractivity contribution is -0.126. The number of carbonyl (C=O) groups is 4. The molecule has 0 aromatic heterocycles. The maximum atomic E-state index is 13.6. The second-order valence-electron chi connectivity index (χ2n) is 13.3. The van der Waals surface area contributed by atoms with Crippen LogP contribution in [0.15, 0.2) is 66.7 Å². The Hall–Kier alpha value is -3.56. The lowest BCUT2D eigenvalue weighted by atomic mass is 9.76. The molecule has 0 bridgehead atoms. The van der Waals surface area contributed by atoms with Crippen LogP contribution in [0.2, 0.25) is 5.02 Å². The summed E-state index contributed by atoms with van der Waals surface area (Å²) in [4.78, 5) is 51.2. The predicted octanol–water partition coefficient (Wildman–Crippen LogP) is 7.44. The molecule has 3 amide bonds. The first-order valence-corrected chi connectivity index (χ1v) is 17.8. The zero-order valence-electron chi connectivity index (χ0n) is 27.0. The molecule has 3 N–H and O–H groups in total. The van der Waals surface area contributed by atoms with Crippen LogP contribution in [0.4, 0.5) is 4.79 Å². The Labute approximate surface area is 286 Å². The second kappa shape index (κ2) is 16.0. The number of hydrogen-bond acceptors (Lipinski definition) is 6. The number of hydrogen-bond donors (Lipinski definition) is 3. The first-order chi connectivity index (χ1) is 22.6. The molecule has 3 aromatic rings. The van der Waals surface area contributed by atoms with Gasteiger partial charge in [0.1, 0.15) is 17.6 Å². The van der Waals surface area contributed by atoms with Crippen molar-refractivity contribution in [3.05, 3.63) is 82.9 Å². The van der Waals surface area contributed by atoms with Crippen molar-refractivity contribution in [3.63, 3.8) is 0 Å². The van der Waals surface area contributed by atoms with Crippen molar-refractivity contribution in [2.24, 2.45) is 11.8 Å². The summed E-state index contributed by atoms with van der Waals surface area (Å²) in [5.74, 6) is -0.391. The first-order valence-electron chi connectivity index (χ1n) is 16.5. The minimum Gasteiger partial charge on any atom is -0.440 e. The Morgan fingerprint density at radius 1 is 1.00 bits per heavy atom. The molecule has 250 valence electrons. The fourth-order valence-corrected chi connectivity index (χ4v) is 7.85. The highest BCUT2D eigenvalue weighted by Gasteiger charge is 2.37. The van der Waals surface area contributed by atoms with Gasteiger partial charge in [0.05, 0.1) is 6.04 Å². The molecule has 2 fully saturated rings. The molecule has 8 nitrogen and oxygen atoms in total. The Morgan fingerprint density at radius 2 is 1.77 bits per heavy atom. The third kappa shape index (κ3) is 9.08.